The molecule has 2 fully saturated rings. The second kappa shape index (κ2) is 10.9. The fourth-order valence-corrected chi connectivity index (χ4v) is 5.28. The molecule has 3 aromatic rings. The molecule has 3 heterocycles. The summed E-state index contributed by atoms with van der Waals surface area (Å²) in [6, 6.07) is 5.36. The number of aliphatic hydroxyl groups excluding tert-OH is 2. The third-order valence-corrected chi connectivity index (χ3v) is 7.71. The van der Waals surface area contributed by atoms with Gasteiger partial charge in [-0.3, -0.25) is 14.2 Å². The average molecular weight is 526 g/mol. The minimum Gasteiger partial charge on any atom is -0.389 e. The number of ether oxygens (including phenoxy) is 2. The zero-order chi connectivity index (χ0) is 27.0. The Morgan fingerprint density at radius 1 is 1.11 bits per heavy atom. The van der Waals surface area contributed by atoms with E-state index in [0.717, 1.165) is 16.7 Å². The van der Waals surface area contributed by atoms with Gasteiger partial charge < -0.3 is 25.0 Å². The second-order valence-corrected chi connectivity index (χ2v) is 10.1. The van der Waals surface area contributed by atoms with Gasteiger partial charge in [-0.25, -0.2) is 9.37 Å². The van der Waals surface area contributed by atoms with Crippen LogP contribution in [0.3, 0.4) is 0 Å². The summed E-state index contributed by atoms with van der Waals surface area (Å²) < 4.78 is 27.0. The molecule has 0 radical (unpaired) electrons. The van der Waals surface area contributed by atoms with Crippen molar-refractivity contribution in [3.63, 3.8) is 0 Å². The third-order valence-electron chi connectivity index (χ3n) is 7.71. The Labute approximate surface area is 219 Å². The summed E-state index contributed by atoms with van der Waals surface area (Å²) in [5, 5.41) is 23.5. The number of carbonyl (C=O) groups excluding carboxylic acids is 1. The number of amides is 1. The van der Waals surface area contributed by atoms with Crippen molar-refractivity contribution >= 4 is 16.8 Å². The summed E-state index contributed by atoms with van der Waals surface area (Å²) in [5.74, 6) is -1.24. The molecule has 2 saturated heterocycles. The van der Waals surface area contributed by atoms with Crippen molar-refractivity contribution in [2.24, 2.45) is 0 Å². The maximum absolute atomic E-state index is 15.0. The van der Waals surface area contributed by atoms with Crippen molar-refractivity contribution in [3.05, 3.63) is 74.6 Å². The molecule has 9 nitrogen and oxygen atoms in total. The third kappa shape index (κ3) is 5.09. The maximum Gasteiger partial charge on any atom is 0.261 e. The predicted molar refractivity (Wildman–Crippen MR) is 138 cm³/mol. The quantitative estimate of drug-likeness (QED) is 0.465. The Morgan fingerprint density at radius 2 is 1.84 bits per heavy atom. The highest BCUT2D eigenvalue weighted by molar-refractivity contribution is 5.94. The molecule has 0 spiro atoms. The van der Waals surface area contributed by atoms with Crippen LogP contribution in [0.5, 0.6) is 0 Å². The first kappa shape index (κ1) is 26.4. The number of fused-ring (bicyclic) bond motifs is 1. The lowest BCUT2D eigenvalue weighted by Gasteiger charge is -2.29. The number of rotatable bonds is 5. The monoisotopic (exact) mass is 525 g/mol. The first-order valence-electron chi connectivity index (χ1n) is 12.9. The minimum atomic E-state index is -0.831. The topological polar surface area (TPSA) is 123 Å². The van der Waals surface area contributed by atoms with Gasteiger partial charge in [0.25, 0.3) is 11.5 Å². The SMILES string of the molecule is Cc1c(Cc2ccc(C(=O)NC3CCOC[C@@H]3O)c(F)c2)cc2c(=O)n([C@H]3CCOC[C@@H]3O)cnc2c1C. The maximum atomic E-state index is 15.0. The number of carbonyl (C=O) groups is 1. The predicted octanol–water partition coefficient (Wildman–Crippen LogP) is 1.95. The molecule has 1 unspecified atom stereocenters. The van der Waals surface area contributed by atoms with E-state index < -0.39 is 36.0 Å². The zero-order valence-corrected chi connectivity index (χ0v) is 21.4. The first-order valence-corrected chi connectivity index (χ1v) is 12.9. The zero-order valence-electron chi connectivity index (χ0n) is 21.4. The van der Waals surface area contributed by atoms with Gasteiger partial charge in [0, 0.05) is 13.2 Å². The smallest absolute Gasteiger partial charge is 0.261 e. The molecule has 2 aliphatic heterocycles. The number of nitrogens with one attached hydrogen (secondary N) is 1. The number of aromatic nitrogens is 2. The van der Waals surface area contributed by atoms with Gasteiger partial charge in [-0.1, -0.05) is 6.07 Å². The minimum absolute atomic E-state index is 0.0963. The van der Waals surface area contributed by atoms with Gasteiger partial charge in [0.1, 0.15) is 5.82 Å². The summed E-state index contributed by atoms with van der Waals surface area (Å²) in [7, 11) is 0. The number of benzene rings is 2. The van der Waals surface area contributed by atoms with Crippen LogP contribution in [0.4, 0.5) is 4.39 Å². The molecule has 0 aliphatic carbocycles. The van der Waals surface area contributed by atoms with E-state index in [1.165, 1.54) is 23.0 Å². The fourth-order valence-electron chi connectivity index (χ4n) is 5.28. The summed E-state index contributed by atoms with van der Waals surface area (Å²) >= 11 is 0. The standard InChI is InChI=1S/C28H32FN3O6/c1-15-16(2)26-20(28(36)32(14-30-26)23-6-8-38-13-25(23)34)11-18(15)9-17-3-4-19(21(29)10-17)27(35)31-22-5-7-37-12-24(22)33/h3-4,10-11,14,22-25,33-34H,5-9,12-13H2,1-2H3,(H,31,35)/t22?,23-,24-,25-/m0/s1. The molecular formula is C28H32FN3O6. The van der Waals surface area contributed by atoms with Crippen LogP contribution >= 0.6 is 0 Å². The molecule has 0 bridgehead atoms. The van der Waals surface area contributed by atoms with Crippen molar-refractivity contribution in [1.82, 2.24) is 14.9 Å². The van der Waals surface area contributed by atoms with E-state index in [2.05, 4.69) is 10.3 Å². The van der Waals surface area contributed by atoms with Crippen LogP contribution < -0.4 is 10.9 Å². The van der Waals surface area contributed by atoms with Crippen LogP contribution in [0.25, 0.3) is 10.9 Å². The number of hydrogen-bond acceptors (Lipinski definition) is 7. The van der Waals surface area contributed by atoms with Gasteiger partial charge in [0.15, 0.2) is 0 Å². The van der Waals surface area contributed by atoms with Gasteiger partial charge in [0.2, 0.25) is 0 Å². The van der Waals surface area contributed by atoms with Crippen molar-refractivity contribution in [3.8, 4) is 0 Å². The molecule has 1 amide bonds. The van der Waals surface area contributed by atoms with E-state index in [4.69, 9.17) is 9.47 Å². The Morgan fingerprint density at radius 3 is 2.55 bits per heavy atom. The number of aryl methyl sites for hydroxylation is 1. The van der Waals surface area contributed by atoms with Crippen molar-refractivity contribution in [1.29, 1.82) is 0 Å². The van der Waals surface area contributed by atoms with Crippen LogP contribution in [0.1, 0.15) is 51.5 Å². The van der Waals surface area contributed by atoms with Gasteiger partial charge >= 0.3 is 0 Å². The van der Waals surface area contributed by atoms with Crippen molar-refractivity contribution in [2.75, 3.05) is 26.4 Å². The van der Waals surface area contributed by atoms with E-state index >= 15 is 4.39 Å². The number of hydrogen-bond donors (Lipinski definition) is 3. The molecule has 0 saturated carbocycles. The fraction of sp³-hybridized carbons (Fsp3) is 0.464. The summed E-state index contributed by atoms with van der Waals surface area (Å²) in [6.45, 7) is 5.02. The van der Waals surface area contributed by atoms with E-state index in [1.807, 2.05) is 13.8 Å². The lowest BCUT2D eigenvalue weighted by Crippen LogP contribution is -2.48. The van der Waals surface area contributed by atoms with Gasteiger partial charge in [-0.2, -0.15) is 0 Å². The highest BCUT2D eigenvalue weighted by atomic mass is 19.1. The molecular weight excluding hydrogens is 493 g/mol. The van der Waals surface area contributed by atoms with Crippen LogP contribution in [0.2, 0.25) is 0 Å². The number of aliphatic hydroxyl groups is 2. The molecule has 2 aliphatic rings. The van der Waals surface area contributed by atoms with Crippen LogP contribution in [0.15, 0.2) is 35.4 Å². The summed E-state index contributed by atoms with van der Waals surface area (Å²) in [5.41, 5.74) is 3.57. The molecule has 38 heavy (non-hydrogen) atoms. The molecule has 1 aromatic heterocycles. The number of nitrogens with zero attached hydrogens (tertiary/aromatic N) is 2. The molecule has 202 valence electrons. The highest BCUT2D eigenvalue weighted by Crippen LogP contribution is 2.26. The average Bonchev–Trinajstić information content (AvgIpc) is 2.89. The molecule has 4 atom stereocenters. The van der Waals surface area contributed by atoms with E-state index in [9.17, 15) is 19.8 Å². The van der Waals surface area contributed by atoms with E-state index in [0.29, 0.717) is 48.9 Å². The Balaban J connectivity index is 1.42. The van der Waals surface area contributed by atoms with E-state index in [-0.39, 0.29) is 24.3 Å². The first-order chi connectivity index (χ1) is 18.2. The van der Waals surface area contributed by atoms with Crippen LogP contribution in [0, 0.1) is 19.7 Å². The molecule has 5 rings (SSSR count). The highest BCUT2D eigenvalue weighted by Gasteiger charge is 2.28. The summed E-state index contributed by atoms with van der Waals surface area (Å²) in [6.07, 6.45) is 1.20. The number of halogens is 1. The summed E-state index contributed by atoms with van der Waals surface area (Å²) in [4.78, 5) is 30.6. The normalized spacial score (nSPS) is 23.9. The molecule has 10 heteroatoms. The Bertz CT molecular complexity index is 1420. The molecule has 3 N–H and O–H groups in total. The van der Waals surface area contributed by atoms with Gasteiger partial charge in [-0.15, -0.1) is 0 Å². The Kier molecular flexibility index (Phi) is 7.58. The van der Waals surface area contributed by atoms with Gasteiger partial charge in [-0.05, 0) is 73.6 Å². The largest absolute Gasteiger partial charge is 0.389 e. The van der Waals surface area contributed by atoms with Gasteiger partial charge in [0.05, 0.1) is 60.3 Å². The van der Waals surface area contributed by atoms with E-state index in [1.54, 1.807) is 12.1 Å². The lowest BCUT2D eigenvalue weighted by molar-refractivity contribution is -0.0395. The van der Waals surface area contributed by atoms with Crippen LogP contribution in [-0.4, -0.2) is 70.3 Å². The molecule has 2 aromatic carbocycles. The van der Waals surface area contributed by atoms with Crippen molar-refractivity contribution in [2.45, 2.75) is 57.4 Å². The van der Waals surface area contributed by atoms with Crippen molar-refractivity contribution < 1.29 is 28.9 Å². The Hall–Kier alpha value is -3.18. The lowest BCUT2D eigenvalue weighted by atomic mass is 9.94. The van der Waals surface area contributed by atoms with Crippen LogP contribution in [-0.2, 0) is 15.9 Å². The second-order valence-electron chi connectivity index (χ2n) is 10.1.